The highest BCUT2D eigenvalue weighted by atomic mass is 16.5. The van der Waals surface area contributed by atoms with Crippen molar-refractivity contribution in [2.24, 2.45) is 0 Å². The van der Waals surface area contributed by atoms with E-state index in [-0.39, 0.29) is 18.6 Å². The molecule has 0 aromatic heterocycles. The molecule has 0 spiro atoms. The first-order valence-corrected chi connectivity index (χ1v) is 9.90. The van der Waals surface area contributed by atoms with E-state index in [0.29, 0.717) is 23.7 Å². The van der Waals surface area contributed by atoms with Gasteiger partial charge in [-0.3, -0.25) is 4.79 Å². The van der Waals surface area contributed by atoms with Crippen molar-refractivity contribution in [2.75, 3.05) is 20.3 Å². The molecule has 29 heavy (non-hydrogen) atoms. The lowest BCUT2D eigenvalue weighted by molar-refractivity contribution is -0.137. The number of likely N-dealkylation sites (tertiary alicyclic amines) is 1. The van der Waals surface area contributed by atoms with E-state index in [1.54, 1.807) is 23.1 Å². The van der Waals surface area contributed by atoms with Crippen LogP contribution in [0.4, 0.5) is 0 Å². The largest absolute Gasteiger partial charge is 0.493 e. The van der Waals surface area contributed by atoms with Gasteiger partial charge in [-0.1, -0.05) is 30.3 Å². The number of nitrogens with zero attached hydrogens (tertiary/aromatic N) is 1. The lowest BCUT2D eigenvalue weighted by Crippen LogP contribution is -2.44. The van der Waals surface area contributed by atoms with Crippen molar-refractivity contribution in [1.29, 1.82) is 0 Å². The quantitative estimate of drug-likeness (QED) is 0.665. The minimum absolute atomic E-state index is 0.152. The normalized spacial score (nSPS) is 16.2. The van der Waals surface area contributed by atoms with Gasteiger partial charge < -0.3 is 19.1 Å². The molecule has 0 unspecified atom stereocenters. The van der Waals surface area contributed by atoms with E-state index < -0.39 is 5.97 Å². The fourth-order valence-corrected chi connectivity index (χ4v) is 3.41. The van der Waals surface area contributed by atoms with Crippen molar-refractivity contribution in [2.45, 2.75) is 38.8 Å². The first kappa shape index (κ1) is 20.7. The van der Waals surface area contributed by atoms with Gasteiger partial charge in [0.15, 0.2) is 18.1 Å². The van der Waals surface area contributed by atoms with Crippen molar-refractivity contribution in [3.8, 4) is 11.5 Å². The van der Waals surface area contributed by atoms with Crippen LogP contribution in [0, 0.1) is 0 Å². The molecule has 3 rings (SSSR count). The smallest absolute Gasteiger partial charge is 0.338 e. The van der Waals surface area contributed by atoms with E-state index in [9.17, 15) is 9.59 Å². The topological polar surface area (TPSA) is 65.1 Å². The lowest BCUT2D eigenvalue weighted by atomic mass is 10.0. The zero-order valence-corrected chi connectivity index (χ0v) is 16.9. The molecule has 154 valence electrons. The molecule has 6 nitrogen and oxygen atoms in total. The van der Waals surface area contributed by atoms with Crippen LogP contribution < -0.4 is 9.47 Å². The molecular formula is C23H27NO5. The minimum Gasteiger partial charge on any atom is -0.493 e. The molecule has 0 bridgehead atoms. The second kappa shape index (κ2) is 9.96. The summed E-state index contributed by atoms with van der Waals surface area (Å²) in [5.41, 5.74) is 1.34. The Morgan fingerprint density at radius 1 is 1.07 bits per heavy atom. The molecule has 1 saturated heterocycles. The highest BCUT2D eigenvalue weighted by molar-refractivity contribution is 5.92. The highest BCUT2D eigenvalue weighted by Gasteiger charge is 2.24. The number of methoxy groups -OCH3 is 1. The molecule has 1 amide bonds. The van der Waals surface area contributed by atoms with Gasteiger partial charge >= 0.3 is 5.97 Å². The summed E-state index contributed by atoms with van der Waals surface area (Å²) in [7, 11) is 1.51. The third-order valence-corrected chi connectivity index (χ3v) is 5.09. The van der Waals surface area contributed by atoms with Gasteiger partial charge in [0.1, 0.15) is 6.61 Å². The van der Waals surface area contributed by atoms with Crippen molar-refractivity contribution in [1.82, 2.24) is 4.90 Å². The molecule has 0 saturated carbocycles. The average molecular weight is 397 g/mol. The van der Waals surface area contributed by atoms with Crippen LogP contribution in [-0.4, -0.2) is 43.1 Å². The van der Waals surface area contributed by atoms with E-state index >= 15 is 0 Å². The van der Waals surface area contributed by atoms with Crippen LogP contribution in [0.1, 0.15) is 42.1 Å². The van der Waals surface area contributed by atoms with Crippen LogP contribution in [0.5, 0.6) is 11.5 Å². The number of carbonyl (C=O) groups is 2. The number of hydrogen-bond donors (Lipinski definition) is 0. The Morgan fingerprint density at radius 2 is 1.86 bits per heavy atom. The van der Waals surface area contributed by atoms with Gasteiger partial charge in [-0.25, -0.2) is 4.79 Å². The van der Waals surface area contributed by atoms with Gasteiger partial charge in [0.25, 0.3) is 5.91 Å². The van der Waals surface area contributed by atoms with Gasteiger partial charge in [0, 0.05) is 12.6 Å². The van der Waals surface area contributed by atoms with Crippen LogP contribution in [0.25, 0.3) is 0 Å². The van der Waals surface area contributed by atoms with E-state index in [0.717, 1.165) is 31.4 Å². The Labute approximate surface area is 171 Å². The van der Waals surface area contributed by atoms with E-state index in [4.69, 9.17) is 14.2 Å². The number of carbonyl (C=O) groups excluding carboxylic acids is 2. The van der Waals surface area contributed by atoms with E-state index in [1.807, 2.05) is 37.3 Å². The molecule has 2 aromatic carbocycles. The fraction of sp³-hybridized carbons (Fsp3) is 0.391. The molecule has 0 N–H and O–H groups in total. The second-order valence-electron chi connectivity index (χ2n) is 7.15. The van der Waals surface area contributed by atoms with Crippen LogP contribution in [0.15, 0.2) is 48.5 Å². The number of ether oxygens (including phenoxy) is 3. The maximum absolute atomic E-state index is 12.4. The van der Waals surface area contributed by atoms with E-state index in [2.05, 4.69) is 0 Å². The summed E-state index contributed by atoms with van der Waals surface area (Å²) in [4.78, 5) is 26.5. The van der Waals surface area contributed by atoms with Gasteiger partial charge in [0.2, 0.25) is 0 Å². The SMILES string of the molecule is COc1cc(C(=O)OCC(=O)N2CCCC[C@H]2C)ccc1OCc1ccccc1. The lowest BCUT2D eigenvalue weighted by Gasteiger charge is -2.33. The molecule has 1 aliphatic rings. The molecule has 1 heterocycles. The molecule has 0 radical (unpaired) electrons. The average Bonchev–Trinajstić information content (AvgIpc) is 2.76. The van der Waals surface area contributed by atoms with Crippen LogP contribution >= 0.6 is 0 Å². The summed E-state index contributed by atoms with van der Waals surface area (Å²) < 4.78 is 16.4. The summed E-state index contributed by atoms with van der Waals surface area (Å²) in [6.07, 6.45) is 3.11. The minimum atomic E-state index is -0.559. The number of piperidine rings is 1. The molecular weight excluding hydrogens is 370 g/mol. The third kappa shape index (κ3) is 5.50. The Bertz CT molecular complexity index is 836. The Balaban J connectivity index is 1.58. The maximum atomic E-state index is 12.4. The highest BCUT2D eigenvalue weighted by Crippen LogP contribution is 2.29. The Kier molecular flexibility index (Phi) is 7.11. The number of amides is 1. The van der Waals surface area contributed by atoms with Crippen molar-refractivity contribution in [3.63, 3.8) is 0 Å². The maximum Gasteiger partial charge on any atom is 0.338 e. The first-order valence-electron chi connectivity index (χ1n) is 9.90. The summed E-state index contributed by atoms with van der Waals surface area (Å²) in [5, 5.41) is 0. The molecule has 6 heteroatoms. The summed E-state index contributed by atoms with van der Waals surface area (Å²) in [6.45, 7) is 2.89. The number of benzene rings is 2. The predicted octanol–water partition coefficient (Wildman–Crippen LogP) is 3.83. The third-order valence-electron chi connectivity index (χ3n) is 5.09. The molecule has 0 aliphatic carbocycles. The predicted molar refractivity (Wildman–Crippen MR) is 109 cm³/mol. The van der Waals surface area contributed by atoms with Gasteiger partial charge in [-0.05, 0) is 49.9 Å². The summed E-state index contributed by atoms with van der Waals surface area (Å²) in [5.74, 6) is 0.258. The Hall–Kier alpha value is -3.02. The van der Waals surface area contributed by atoms with Crippen molar-refractivity contribution in [3.05, 3.63) is 59.7 Å². The zero-order chi connectivity index (χ0) is 20.6. The number of rotatable bonds is 7. The second-order valence-corrected chi connectivity index (χ2v) is 7.15. The molecule has 2 aromatic rings. The van der Waals surface area contributed by atoms with Crippen LogP contribution in [-0.2, 0) is 16.1 Å². The number of hydrogen-bond acceptors (Lipinski definition) is 5. The first-order chi connectivity index (χ1) is 14.1. The van der Waals surface area contributed by atoms with Crippen molar-refractivity contribution < 1.29 is 23.8 Å². The van der Waals surface area contributed by atoms with Gasteiger partial charge in [-0.15, -0.1) is 0 Å². The van der Waals surface area contributed by atoms with Gasteiger partial charge in [-0.2, -0.15) is 0 Å². The van der Waals surface area contributed by atoms with Crippen LogP contribution in [0.2, 0.25) is 0 Å². The number of esters is 1. The summed E-state index contributed by atoms with van der Waals surface area (Å²) in [6, 6.07) is 14.8. The van der Waals surface area contributed by atoms with Crippen LogP contribution in [0.3, 0.4) is 0 Å². The fourth-order valence-electron chi connectivity index (χ4n) is 3.41. The van der Waals surface area contributed by atoms with E-state index in [1.165, 1.54) is 7.11 Å². The molecule has 1 atom stereocenters. The Morgan fingerprint density at radius 3 is 2.59 bits per heavy atom. The zero-order valence-electron chi connectivity index (χ0n) is 16.9. The van der Waals surface area contributed by atoms with Gasteiger partial charge in [0.05, 0.1) is 12.7 Å². The standard InChI is InChI=1S/C23H27NO5/c1-17-8-6-7-13-24(17)22(25)16-29-23(26)19-11-12-20(21(14-19)27-2)28-15-18-9-4-3-5-10-18/h3-5,9-12,14,17H,6-8,13,15-16H2,1-2H3/t17-/m1/s1. The van der Waals surface area contributed by atoms with Crippen molar-refractivity contribution >= 4 is 11.9 Å². The summed E-state index contributed by atoms with van der Waals surface area (Å²) >= 11 is 0. The molecule has 1 fully saturated rings. The monoisotopic (exact) mass is 397 g/mol. The molecule has 1 aliphatic heterocycles.